The summed E-state index contributed by atoms with van der Waals surface area (Å²) in [6.45, 7) is 12.9. The molecule has 7 nitrogen and oxygen atoms in total. The van der Waals surface area contributed by atoms with Gasteiger partial charge in [-0.05, 0) is 78.0 Å². The summed E-state index contributed by atoms with van der Waals surface area (Å²) in [6, 6.07) is 9.51. The average Bonchev–Trinajstić information content (AvgIpc) is 3.21. The molecule has 0 aliphatic heterocycles. The first kappa shape index (κ1) is 23.7. The number of nitro groups is 1. The normalized spacial score (nSPS) is 16.1. The van der Waals surface area contributed by atoms with Crippen molar-refractivity contribution < 1.29 is 14.1 Å². The van der Waals surface area contributed by atoms with Crippen LogP contribution in [-0.2, 0) is 17.3 Å². The highest BCUT2D eigenvalue weighted by Gasteiger charge is 2.37. The van der Waals surface area contributed by atoms with Crippen molar-refractivity contribution in [1.29, 1.82) is 0 Å². The van der Waals surface area contributed by atoms with Crippen molar-refractivity contribution in [3.05, 3.63) is 86.0 Å². The molecule has 7 heteroatoms. The standard InChI is InChI=1S/C27H31N3O4/c1-16-9-12-28-24(23(16)30(32)33)29-25(31)22-8-7-19(34-22)14-18-15-21-20(13-17(18)2)26(3,4)10-11-27(21,5)6/h7-9,12-13,15H,10-11,14H2,1-6H3,(H,28,29,31). The van der Waals surface area contributed by atoms with Gasteiger partial charge in [0.2, 0.25) is 5.82 Å². The molecule has 1 aliphatic rings. The highest BCUT2D eigenvalue weighted by molar-refractivity contribution is 6.03. The Morgan fingerprint density at radius 1 is 1.06 bits per heavy atom. The van der Waals surface area contributed by atoms with E-state index in [9.17, 15) is 14.9 Å². The molecule has 0 fully saturated rings. The van der Waals surface area contributed by atoms with Crippen LogP contribution in [-0.4, -0.2) is 15.8 Å². The second-order valence-electron chi connectivity index (χ2n) is 10.6. The molecule has 2 heterocycles. The summed E-state index contributed by atoms with van der Waals surface area (Å²) in [6.07, 6.45) is 4.29. The molecule has 0 saturated carbocycles. The molecule has 0 spiro atoms. The van der Waals surface area contributed by atoms with Crippen LogP contribution in [0.5, 0.6) is 0 Å². The Hall–Kier alpha value is -3.48. The Morgan fingerprint density at radius 2 is 1.71 bits per heavy atom. The number of carbonyl (C=O) groups is 1. The Labute approximate surface area is 199 Å². The number of rotatable bonds is 5. The molecule has 3 aromatic rings. The van der Waals surface area contributed by atoms with Gasteiger partial charge in [-0.2, -0.15) is 0 Å². The zero-order valence-corrected chi connectivity index (χ0v) is 20.6. The minimum Gasteiger partial charge on any atom is -0.456 e. The number of amides is 1. The van der Waals surface area contributed by atoms with Crippen molar-refractivity contribution in [3.63, 3.8) is 0 Å². The molecule has 0 saturated heterocycles. The highest BCUT2D eigenvalue weighted by atomic mass is 16.6. The number of pyridine rings is 1. The van der Waals surface area contributed by atoms with E-state index in [-0.39, 0.29) is 28.1 Å². The van der Waals surface area contributed by atoms with E-state index in [2.05, 4.69) is 57.1 Å². The lowest BCUT2D eigenvalue weighted by Crippen LogP contribution is -2.34. The lowest BCUT2D eigenvalue weighted by molar-refractivity contribution is -0.384. The summed E-state index contributed by atoms with van der Waals surface area (Å²) in [5.74, 6) is 0.0817. The van der Waals surface area contributed by atoms with Crippen LogP contribution in [0.15, 0.2) is 40.9 Å². The molecular weight excluding hydrogens is 430 g/mol. The fourth-order valence-electron chi connectivity index (χ4n) is 4.78. The molecule has 0 bridgehead atoms. The predicted octanol–water partition coefficient (Wildman–Crippen LogP) is 6.39. The van der Waals surface area contributed by atoms with Gasteiger partial charge in [0, 0.05) is 18.2 Å². The fraction of sp³-hybridized carbons (Fsp3) is 0.407. The summed E-state index contributed by atoms with van der Waals surface area (Å²) in [4.78, 5) is 27.5. The number of benzene rings is 1. The molecule has 1 aliphatic carbocycles. The highest BCUT2D eigenvalue weighted by Crippen LogP contribution is 2.46. The largest absolute Gasteiger partial charge is 0.456 e. The summed E-state index contributed by atoms with van der Waals surface area (Å²) < 4.78 is 5.83. The van der Waals surface area contributed by atoms with Crippen molar-refractivity contribution in [2.45, 2.75) is 71.6 Å². The topological polar surface area (TPSA) is 98.3 Å². The van der Waals surface area contributed by atoms with E-state index in [0.29, 0.717) is 17.7 Å². The maximum Gasteiger partial charge on any atom is 0.314 e. The van der Waals surface area contributed by atoms with Crippen LogP contribution in [0.25, 0.3) is 0 Å². The molecule has 0 atom stereocenters. The number of aryl methyl sites for hydroxylation is 2. The molecule has 0 radical (unpaired) electrons. The van der Waals surface area contributed by atoms with E-state index in [1.807, 2.05) is 0 Å². The monoisotopic (exact) mass is 461 g/mol. The van der Waals surface area contributed by atoms with Gasteiger partial charge < -0.3 is 4.42 Å². The first-order valence-corrected chi connectivity index (χ1v) is 11.5. The van der Waals surface area contributed by atoms with E-state index in [1.54, 1.807) is 19.1 Å². The van der Waals surface area contributed by atoms with Crippen molar-refractivity contribution in [2.75, 3.05) is 5.32 Å². The Bertz CT molecular complexity index is 1290. The van der Waals surface area contributed by atoms with Crippen molar-refractivity contribution in [3.8, 4) is 0 Å². The van der Waals surface area contributed by atoms with E-state index >= 15 is 0 Å². The van der Waals surface area contributed by atoms with Crippen LogP contribution in [0.3, 0.4) is 0 Å². The Balaban J connectivity index is 1.58. The summed E-state index contributed by atoms with van der Waals surface area (Å²) in [5, 5.41) is 13.9. The third-order valence-electron chi connectivity index (χ3n) is 7.10. The quantitative estimate of drug-likeness (QED) is 0.350. The first-order valence-electron chi connectivity index (χ1n) is 11.5. The van der Waals surface area contributed by atoms with Crippen LogP contribution in [0, 0.1) is 24.0 Å². The molecular formula is C27H31N3O4. The zero-order valence-electron chi connectivity index (χ0n) is 20.6. The number of anilines is 1. The van der Waals surface area contributed by atoms with Gasteiger partial charge in [-0.3, -0.25) is 20.2 Å². The second kappa shape index (κ2) is 8.38. The molecule has 34 heavy (non-hydrogen) atoms. The number of nitrogens with one attached hydrogen (secondary N) is 1. The molecule has 1 N–H and O–H groups in total. The number of furan rings is 1. The van der Waals surface area contributed by atoms with E-state index < -0.39 is 10.8 Å². The van der Waals surface area contributed by atoms with E-state index in [4.69, 9.17) is 4.42 Å². The smallest absolute Gasteiger partial charge is 0.314 e. The van der Waals surface area contributed by atoms with Crippen LogP contribution in [0.4, 0.5) is 11.5 Å². The van der Waals surface area contributed by atoms with Gasteiger partial charge in [-0.25, -0.2) is 4.98 Å². The third-order valence-corrected chi connectivity index (χ3v) is 7.10. The van der Waals surface area contributed by atoms with Gasteiger partial charge in [0.05, 0.1) is 4.92 Å². The van der Waals surface area contributed by atoms with Crippen LogP contribution >= 0.6 is 0 Å². The molecule has 2 aromatic heterocycles. The predicted molar refractivity (Wildman–Crippen MR) is 132 cm³/mol. The van der Waals surface area contributed by atoms with Gasteiger partial charge >= 0.3 is 5.69 Å². The lowest BCUT2D eigenvalue weighted by Gasteiger charge is -2.42. The van der Waals surface area contributed by atoms with Gasteiger partial charge in [0.25, 0.3) is 5.91 Å². The average molecular weight is 462 g/mol. The maximum atomic E-state index is 12.7. The van der Waals surface area contributed by atoms with Crippen LogP contribution in [0.2, 0.25) is 0 Å². The molecule has 0 unspecified atom stereocenters. The molecule has 1 amide bonds. The summed E-state index contributed by atoms with van der Waals surface area (Å²) in [7, 11) is 0. The van der Waals surface area contributed by atoms with E-state index in [1.165, 1.54) is 34.5 Å². The van der Waals surface area contributed by atoms with Gasteiger partial charge in [0.15, 0.2) is 5.76 Å². The van der Waals surface area contributed by atoms with Crippen molar-refractivity contribution >= 4 is 17.4 Å². The number of aromatic nitrogens is 1. The Kier molecular flexibility index (Phi) is 5.84. The Morgan fingerprint density at radius 3 is 2.35 bits per heavy atom. The SMILES string of the molecule is Cc1cc2c(cc1Cc1ccc(C(=O)Nc3nccc(C)c3[N+](=O)[O-])o1)C(C)(C)CCC2(C)C. The number of hydrogen-bond donors (Lipinski definition) is 1. The van der Waals surface area contributed by atoms with E-state index in [0.717, 1.165) is 12.8 Å². The number of fused-ring (bicyclic) bond motifs is 1. The summed E-state index contributed by atoms with van der Waals surface area (Å²) >= 11 is 0. The number of nitrogens with zero attached hydrogens (tertiary/aromatic N) is 2. The fourth-order valence-corrected chi connectivity index (χ4v) is 4.78. The second-order valence-corrected chi connectivity index (χ2v) is 10.6. The minimum absolute atomic E-state index is 0.0877. The van der Waals surface area contributed by atoms with Crippen molar-refractivity contribution in [1.82, 2.24) is 4.98 Å². The zero-order chi connectivity index (χ0) is 24.8. The molecule has 4 rings (SSSR count). The number of carbonyl (C=O) groups excluding carboxylic acids is 1. The van der Waals surface area contributed by atoms with Crippen LogP contribution < -0.4 is 5.32 Å². The first-order chi connectivity index (χ1) is 15.9. The number of hydrogen-bond acceptors (Lipinski definition) is 5. The third kappa shape index (κ3) is 4.34. The maximum absolute atomic E-state index is 12.7. The summed E-state index contributed by atoms with van der Waals surface area (Å²) in [5.41, 5.74) is 5.62. The van der Waals surface area contributed by atoms with Gasteiger partial charge in [0.1, 0.15) is 5.76 Å². The minimum atomic E-state index is -0.572. The van der Waals surface area contributed by atoms with Crippen molar-refractivity contribution in [2.24, 2.45) is 0 Å². The molecule has 1 aromatic carbocycles. The van der Waals surface area contributed by atoms with Gasteiger partial charge in [-0.1, -0.05) is 39.8 Å². The van der Waals surface area contributed by atoms with Gasteiger partial charge in [-0.15, -0.1) is 0 Å². The molecule has 178 valence electrons. The van der Waals surface area contributed by atoms with Crippen LogP contribution in [0.1, 0.15) is 84.7 Å². The lowest BCUT2D eigenvalue weighted by atomic mass is 9.62.